The molecule has 0 aliphatic heterocycles. The van der Waals surface area contributed by atoms with Crippen LogP contribution in [0.4, 0.5) is 0 Å². The van der Waals surface area contributed by atoms with Crippen molar-refractivity contribution in [1.82, 2.24) is 10.3 Å². The number of likely N-dealkylation sites (N-methyl/N-ethyl adjacent to an activating group) is 1. The van der Waals surface area contributed by atoms with Gasteiger partial charge in [0.2, 0.25) is 0 Å². The van der Waals surface area contributed by atoms with Gasteiger partial charge < -0.3 is 5.32 Å². The van der Waals surface area contributed by atoms with Gasteiger partial charge in [0.15, 0.2) is 0 Å². The van der Waals surface area contributed by atoms with Gasteiger partial charge in [0.1, 0.15) is 0 Å². The van der Waals surface area contributed by atoms with Crippen LogP contribution >= 0.6 is 0 Å². The zero-order valence-corrected chi connectivity index (χ0v) is 11.0. The SMILES string of the molecule is CNC(Cc1ccccn1)C1CCC(C)CC1. The number of hydrogen-bond acceptors (Lipinski definition) is 2. The molecule has 0 bridgehead atoms. The Morgan fingerprint density at radius 1 is 1.29 bits per heavy atom. The second-order valence-corrected chi connectivity index (χ2v) is 5.44. The predicted molar refractivity (Wildman–Crippen MR) is 71.9 cm³/mol. The minimum atomic E-state index is 0.595. The zero-order chi connectivity index (χ0) is 12.1. The molecule has 1 aliphatic rings. The van der Waals surface area contributed by atoms with E-state index < -0.39 is 0 Å². The number of aromatic nitrogens is 1. The van der Waals surface area contributed by atoms with Crippen LogP contribution in [0, 0.1) is 11.8 Å². The molecule has 1 N–H and O–H groups in total. The Bertz CT molecular complexity index is 315. The molecule has 0 saturated heterocycles. The summed E-state index contributed by atoms with van der Waals surface area (Å²) >= 11 is 0. The van der Waals surface area contributed by atoms with E-state index >= 15 is 0 Å². The zero-order valence-electron chi connectivity index (χ0n) is 11.0. The van der Waals surface area contributed by atoms with E-state index in [2.05, 4.69) is 36.4 Å². The van der Waals surface area contributed by atoms with Crippen molar-refractivity contribution in [1.29, 1.82) is 0 Å². The van der Waals surface area contributed by atoms with Crippen LogP contribution in [-0.2, 0) is 6.42 Å². The Morgan fingerprint density at radius 3 is 2.65 bits per heavy atom. The van der Waals surface area contributed by atoms with Gasteiger partial charge in [0, 0.05) is 24.4 Å². The first kappa shape index (κ1) is 12.6. The fourth-order valence-corrected chi connectivity index (χ4v) is 2.94. The Morgan fingerprint density at radius 2 is 2.06 bits per heavy atom. The van der Waals surface area contributed by atoms with Crippen LogP contribution in [0.3, 0.4) is 0 Å². The first-order valence-electron chi connectivity index (χ1n) is 6.86. The highest BCUT2D eigenvalue weighted by Gasteiger charge is 2.25. The van der Waals surface area contributed by atoms with E-state index in [-0.39, 0.29) is 0 Å². The third-order valence-electron chi connectivity index (χ3n) is 4.16. The normalized spacial score (nSPS) is 26.7. The molecule has 1 heterocycles. The summed E-state index contributed by atoms with van der Waals surface area (Å²) in [7, 11) is 2.09. The molecule has 0 spiro atoms. The number of pyridine rings is 1. The van der Waals surface area contributed by atoms with Crippen LogP contribution < -0.4 is 5.32 Å². The highest BCUT2D eigenvalue weighted by molar-refractivity contribution is 5.06. The third kappa shape index (κ3) is 3.53. The van der Waals surface area contributed by atoms with Crippen molar-refractivity contribution < 1.29 is 0 Å². The van der Waals surface area contributed by atoms with Crippen LogP contribution in [0.2, 0.25) is 0 Å². The van der Waals surface area contributed by atoms with E-state index in [1.54, 1.807) is 0 Å². The van der Waals surface area contributed by atoms with E-state index in [0.717, 1.165) is 18.3 Å². The topological polar surface area (TPSA) is 24.9 Å². The smallest absolute Gasteiger partial charge is 0.0419 e. The van der Waals surface area contributed by atoms with Crippen molar-refractivity contribution in [2.24, 2.45) is 11.8 Å². The molecule has 0 aromatic carbocycles. The largest absolute Gasteiger partial charge is 0.316 e. The van der Waals surface area contributed by atoms with Crippen molar-refractivity contribution in [3.05, 3.63) is 30.1 Å². The molecule has 1 aliphatic carbocycles. The van der Waals surface area contributed by atoms with E-state index in [9.17, 15) is 0 Å². The van der Waals surface area contributed by atoms with Crippen LogP contribution in [0.5, 0.6) is 0 Å². The summed E-state index contributed by atoms with van der Waals surface area (Å²) in [5.41, 5.74) is 1.21. The molecule has 1 saturated carbocycles. The quantitative estimate of drug-likeness (QED) is 0.863. The molecule has 1 aromatic heterocycles. The van der Waals surface area contributed by atoms with Crippen molar-refractivity contribution in [3.8, 4) is 0 Å². The van der Waals surface area contributed by atoms with E-state index in [0.29, 0.717) is 6.04 Å². The highest BCUT2D eigenvalue weighted by atomic mass is 14.9. The van der Waals surface area contributed by atoms with Crippen LogP contribution in [-0.4, -0.2) is 18.1 Å². The fraction of sp³-hybridized carbons (Fsp3) is 0.667. The van der Waals surface area contributed by atoms with Gasteiger partial charge in [0.25, 0.3) is 0 Å². The lowest BCUT2D eigenvalue weighted by molar-refractivity contribution is 0.234. The Balaban J connectivity index is 1.92. The summed E-state index contributed by atoms with van der Waals surface area (Å²) in [5, 5.41) is 3.50. The summed E-state index contributed by atoms with van der Waals surface area (Å²) in [6.07, 6.45) is 8.50. The Kier molecular flexibility index (Phi) is 4.55. The molecule has 1 atom stereocenters. The number of hydrogen-bond donors (Lipinski definition) is 1. The molecular formula is C15H24N2. The standard InChI is InChI=1S/C15H24N2/c1-12-6-8-13(9-7-12)15(16-2)11-14-5-3-4-10-17-14/h3-5,10,12-13,15-16H,6-9,11H2,1-2H3. The van der Waals surface area contributed by atoms with Crippen molar-refractivity contribution in [2.45, 2.75) is 45.1 Å². The number of nitrogens with one attached hydrogen (secondary N) is 1. The third-order valence-corrected chi connectivity index (χ3v) is 4.16. The molecule has 17 heavy (non-hydrogen) atoms. The monoisotopic (exact) mass is 232 g/mol. The predicted octanol–water partition coefficient (Wildman–Crippen LogP) is 3.04. The highest BCUT2D eigenvalue weighted by Crippen LogP contribution is 2.31. The summed E-state index contributed by atoms with van der Waals surface area (Å²) in [6, 6.07) is 6.80. The summed E-state index contributed by atoms with van der Waals surface area (Å²) in [4.78, 5) is 4.44. The molecule has 1 fully saturated rings. The van der Waals surface area contributed by atoms with E-state index in [1.165, 1.54) is 31.4 Å². The molecule has 94 valence electrons. The maximum absolute atomic E-state index is 4.44. The number of rotatable bonds is 4. The summed E-state index contributed by atoms with van der Waals surface area (Å²) in [5.74, 6) is 1.76. The Hall–Kier alpha value is -0.890. The second-order valence-electron chi connectivity index (χ2n) is 5.44. The lowest BCUT2D eigenvalue weighted by atomic mass is 9.78. The van der Waals surface area contributed by atoms with Gasteiger partial charge in [-0.3, -0.25) is 4.98 Å². The average molecular weight is 232 g/mol. The van der Waals surface area contributed by atoms with Crippen molar-refractivity contribution in [3.63, 3.8) is 0 Å². The molecule has 1 unspecified atom stereocenters. The molecule has 0 amide bonds. The van der Waals surface area contributed by atoms with Gasteiger partial charge in [0.05, 0.1) is 0 Å². The maximum atomic E-state index is 4.44. The summed E-state index contributed by atoms with van der Waals surface area (Å²) in [6.45, 7) is 2.38. The van der Waals surface area contributed by atoms with Crippen LogP contribution in [0.25, 0.3) is 0 Å². The lowest BCUT2D eigenvalue weighted by Gasteiger charge is -2.32. The lowest BCUT2D eigenvalue weighted by Crippen LogP contribution is -2.37. The van der Waals surface area contributed by atoms with Crippen molar-refractivity contribution >= 4 is 0 Å². The first-order chi connectivity index (χ1) is 8.29. The maximum Gasteiger partial charge on any atom is 0.0419 e. The second kappa shape index (κ2) is 6.15. The van der Waals surface area contributed by atoms with Crippen LogP contribution in [0.15, 0.2) is 24.4 Å². The van der Waals surface area contributed by atoms with Crippen molar-refractivity contribution in [2.75, 3.05) is 7.05 Å². The average Bonchev–Trinajstić information content (AvgIpc) is 2.38. The molecular weight excluding hydrogens is 208 g/mol. The molecule has 2 heteroatoms. The van der Waals surface area contributed by atoms with Gasteiger partial charge in [-0.2, -0.15) is 0 Å². The molecule has 2 rings (SSSR count). The minimum Gasteiger partial charge on any atom is -0.316 e. The molecule has 0 radical (unpaired) electrons. The van der Waals surface area contributed by atoms with E-state index in [4.69, 9.17) is 0 Å². The summed E-state index contributed by atoms with van der Waals surface area (Å²) < 4.78 is 0. The first-order valence-corrected chi connectivity index (χ1v) is 6.86. The molecule has 1 aromatic rings. The number of nitrogens with zero attached hydrogens (tertiary/aromatic N) is 1. The van der Waals surface area contributed by atoms with Gasteiger partial charge in [-0.05, 0) is 43.9 Å². The van der Waals surface area contributed by atoms with Gasteiger partial charge in [-0.1, -0.05) is 25.8 Å². The Labute approximate surface area is 105 Å². The van der Waals surface area contributed by atoms with E-state index in [1.807, 2.05) is 12.3 Å². The van der Waals surface area contributed by atoms with Gasteiger partial charge in [-0.25, -0.2) is 0 Å². The molecule has 2 nitrogen and oxygen atoms in total. The fourth-order valence-electron chi connectivity index (χ4n) is 2.94. The van der Waals surface area contributed by atoms with Gasteiger partial charge in [-0.15, -0.1) is 0 Å². The van der Waals surface area contributed by atoms with Crippen LogP contribution in [0.1, 0.15) is 38.3 Å². The minimum absolute atomic E-state index is 0.595. The van der Waals surface area contributed by atoms with Gasteiger partial charge >= 0.3 is 0 Å².